The highest BCUT2D eigenvalue weighted by Crippen LogP contribution is 2.31. The van der Waals surface area contributed by atoms with Gasteiger partial charge >= 0.3 is 0 Å². The van der Waals surface area contributed by atoms with Gasteiger partial charge in [0.15, 0.2) is 9.84 Å². The molecule has 0 N–H and O–H groups in total. The smallest absolute Gasteiger partial charge is 0.242 e. The number of sulfone groups is 1. The molecule has 0 radical (unpaired) electrons. The van der Waals surface area contributed by atoms with Crippen molar-refractivity contribution >= 4 is 9.84 Å². The van der Waals surface area contributed by atoms with Crippen molar-refractivity contribution in [2.45, 2.75) is 25.5 Å². The highest BCUT2D eigenvalue weighted by molar-refractivity contribution is 7.90. The molecule has 118 valence electrons. The van der Waals surface area contributed by atoms with E-state index < -0.39 is 9.84 Å². The molecule has 1 aliphatic rings. The molecule has 1 heterocycles. The fourth-order valence-electron chi connectivity index (χ4n) is 2.28. The minimum Gasteiger partial charge on any atom is -0.496 e. The van der Waals surface area contributed by atoms with Crippen molar-refractivity contribution in [3.63, 3.8) is 0 Å². The molecule has 1 aliphatic carbocycles. The van der Waals surface area contributed by atoms with Gasteiger partial charge in [0, 0.05) is 5.56 Å². The maximum atomic E-state index is 12.0. The monoisotopic (exact) mass is 322 g/mol. The van der Waals surface area contributed by atoms with E-state index in [0.29, 0.717) is 11.7 Å². The Hall–Kier alpha value is -1.89. The molecule has 6 nitrogen and oxygen atoms in total. The van der Waals surface area contributed by atoms with E-state index in [-0.39, 0.29) is 17.4 Å². The number of hydrogen-bond donors (Lipinski definition) is 0. The van der Waals surface area contributed by atoms with Crippen LogP contribution in [-0.2, 0) is 15.6 Å². The number of ether oxygens (including phenoxy) is 1. The number of aromatic nitrogens is 2. The molecule has 0 amide bonds. The molecule has 1 fully saturated rings. The van der Waals surface area contributed by atoms with Crippen LogP contribution in [0.2, 0.25) is 0 Å². The lowest BCUT2D eigenvalue weighted by molar-refractivity contribution is 0.389. The molecule has 22 heavy (non-hydrogen) atoms. The van der Waals surface area contributed by atoms with Crippen LogP contribution < -0.4 is 4.74 Å². The average Bonchev–Trinajstić information content (AvgIpc) is 3.14. The van der Waals surface area contributed by atoms with E-state index in [2.05, 4.69) is 10.1 Å². The third-order valence-electron chi connectivity index (χ3n) is 3.66. The summed E-state index contributed by atoms with van der Waals surface area (Å²) < 4.78 is 34.3. The van der Waals surface area contributed by atoms with Crippen molar-refractivity contribution in [2.75, 3.05) is 12.9 Å². The van der Waals surface area contributed by atoms with Crippen LogP contribution in [0, 0.1) is 12.8 Å². The van der Waals surface area contributed by atoms with Crippen LogP contribution >= 0.6 is 0 Å². The molecule has 7 heteroatoms. The predicted octanol–water partition coefficient (Wildman–Crippen LogP) is 2.38. The summed E-state index contributed by atoms with van der Waals surface area (Å²) in [5, 5.41) is 3.86. The molecule has 0 atom stereocenters. The number of aryl methyl sites for hydroxylation is 1. The number of benzene rings is 1. The fourth-order valence-corrected chi connectivity index (χ4v) is 3.94. The first kappa shape index (κ1) is 15.0. The van der Waals surface area contributed by atoms with Gasteiger partial charge in [-0.05, 0) is 37.3 Å². The van der Waals surface area contributed by atoms with Crippen molar-refractivity contribution in [3.05, 3.63) is 29.7 Å². The highest BCUT2D eigenvalue weighted by Gasteiger charge is 2.29. The fraction of sp³-hybridized carbons (Fsp3) is 0.467. The third-order valence-corrected chi connectivity index (χ3v) is 5.33. The largest absolute Gasteiger partial charge is 0.496 e. The lowest BCUT2D eigenvalue weighted by atomic mass is 10.1. The molecule has 0 unspecified atom stereocenters. The average molecular weight is 322 g/mol. The molecule has 0 bridgehead atoms. The summed E-state index contributed by atoms with van der Waals surface area (Å²) in [6.07, 6.45) is 1.99. The van der Waals surface area contributed by atoms with Crippen LogP contribution in [0.4, 0.5) is 0 Å². The summed E-state index contributed by atoms with van der Waals surface area (Å²) in [6.45, 7) is 1.94. The van der Waals surface area contributed by atoms with Crippen molar-refractivity contribution in [1.82, 2.24) is 10.1 Å². The van der Waals surface area contributed by atoms with Crippen LogP contribution in [-0.4, -0.2) is 31.4 Å². The molecule has 1 aromatic heterocycles. The number of methoxy groups -OCH3 is 1. The summed E-state index contributed by atoms with van der Waals surface area (Å²) >= 11 is 0. The zero-order valence-corrected chi connectivity index (χ0v) is 13.4. The van der Waals surface area contributed by atoms with Crippen LogP contribution in [0.3, 0.4) is 0 Å². The van der Waals surface area contributed by atoms with E-state index in [4.69, 9.17) is 9.26 Å². The summed E-state index contributed by atoms with van der Waals surface area (Å²) in [5.74, 6) is 1.56. The second-order valence-electron chi connectivity index (χ2n) is 5.69. The van der Waals surface area contributed by atoms with Gasteiger partial charge in [-0.15, -0.1) is 0 Å². The lowest BCUT2D eigenvalue weighted by Gasteiger charge is -2.04. The topological polar surface area (TPSA) is 82.3 Å². The van der Waals surface area contributed by atoms with Gasteiger partial charge in [0.25, 0.3) is 0 Å². The number of rotatable bonds is 6. The van der Waals surface area contributed by atoms with Crippen LogP contribution in [0.5, 0.6) is 5.75 Å². The zero-order valence-electron chi connectivity index (χ0n) is 12.6. The first-order valence-corrected chi connectivity index (χ1v) is 8.97. The Morgan fingerprint density at radius 1 is 1.36 bits per heavy atom. The number of hydrogen-bond acceptors (Lipinski definition) is 6. The Morgan fingerprint density at radius 3 is 2.82 bits per heavy atom. The standard InChI is InChI=1S/C15H18N2O4S/c1-10-3-6-12(7-13(10)20-2)15-16-14(21-17-15)9-22(18,19)8-11-4-5-11/h3,6-7,11H,4-5,8-9H2,1-2H3. The second kappa shape index (κ2) is 5.72. The molecular weight excluding hydrogens is 304 g/mol. The minimum atomic E-state index is -3.18. The van der Waals surface area contributed by atoms with E-state index >= 15 is 0 Å². The Bertz CT molecular complexity index is 779. The van der Waals surface area contributed by atoms with Gasteiger partial charge in [0.1, 0.15) is 11.5 Å². The highest BCUT2D eigenvalue weighted by atomic mass is 32.2. The van der Waals surface area contributed by atoms with Gasteiger partial charge in [0.2, 0.25) is 11.7 Å². The summed E-state index contributed by atoms with van der Waals surface area (Å²) in [7, 11) is -1.59. The van der Waals surface area contributed by atoms with E-state index in [0.717, 1.165) is 29.7 Å². The molecular formula is C15H18N2O4S. The Balaban J connectivity index is 1.78. The van der Waals surface area contributed by atoms with Crippen LogP contribution in [0.15, 0.2) is 22.7 Å². The normalized spacial score (nSPS) is 15.0. The molecule has 2 aromatic rings. The quantitative estimate of drug-likeness (QED) is 0.812. The van der Waals surface area contributed by atoms with Crippen molar-refractivity contribution in [1.29, 1.82) is 0 Å². The van der Waals surface area contributed by atoms with Gasteiger partial charge in [0.05, 0.1) is 12.9 Å². The van der Waals surface area contributed by atoms with Crippen molar-refractivity contribution < 1.29 is 17.7 Å². The maximum Gasteiger partial charge on any atom is 0.242 e. The Kier molecular flexibility index (Phi) is 3.90. The minimum absolute atomic E-state index is 0.134. The lowest BCUT2D eigenvalue weighted by Crippen LogP contribution is -2.10. The van der Waals surface area contributed by atoms with Crippen LogP contribution in [0.1, 0.15) is 24.3 Å². The van der Waals surface area contributed by atoms with Gasteiger partial charge in [-0.3, -0.25) is 0 Å². The van der Waals surface area contributed by atoms with Crippen LogP contribution in [0.25, 0.3) is 11.4 Å². The maximum absolute atomic E-state index is 12.0. The zero-order chi connectivity index (χ0) is 15.7. The molecule has 0 spiro atoms. The van der Waals surface area contributed by atoms with E-state index in [1.807, 2.05) is 25.1 Å². The van der Waals surface area contributed by atoms with Gasteiger partial charge in [-0.2, -0.15) is 4.98 Å². The Labute approximate surface area is 129 Å². The first-order valence-electron chi connectivity index (χ1n) is 7.15. The van der Waals surface area contributed by atoms with E-state index in [1.165, 1.54) is 0 Å². The third kappa shape index (κ3) is 3.47. The van der Waals surface area contributed by atoms with Gasteiger partial charge < -0.3 is 9.26 Å². The number of nitrogens with zero attached hydrogens (tertiary/aromatic N) is 2. The van der Waals surface area contributed by atoms with Crippen molar-refractivity contribution in [3.8, 4) is 17.1 Å². The SMILES string of the molecule is COc1cc(-c2noc(CS(=O)(=O)CC3CC3)n2)ccc1C. The Morgan fingerprint density at radius 2 is 2.14 bits per heavy atom. The molecule has 1 saturated carbocycles. The molecule has 1 aromatic carbocycles. The predicted molar refractivity (Wildman–Crippen MR) is 81.2 cm³/mol. The van der Waals surface area contributed by atoms with Gasteiger partial charge in [-0.25, -0.2) is 8.42 Å². The van der Waals surface area contributed by atoms with Crippen molar-refractivity contribution in [2.24, 2.45) is 5.92 Å². The first-order chi connectivity index (χ1) is 10.5. The van der Waals surface area contributed by atoms with E-state index in [9.17, 15) is 8.42 Å². The summed E-state index contributed by atoms with van der Waals surface area (Å²) in [5.41, 5.74) is 1.74. The van der Waals surface area contributed by atoms with E-state index in [1.54, 1.807) is 7.11 Å². The molecule has 3 rings (SSSR count). The molecule has 0 aliphatic heterocycles. The molecule has 0 saturated heterocycles. The summed E-state index contributed by atoms with van der Waals surface area (Å²) in [4.78, 5) is 4.19. The summed E-state index contributed by atoms with van der Waals surface area (Å²) in [6, 6.07) is 5.56. The second-order valence-corrected chi connectivity index (χ2v) is 7.80. The van der Waals surface area contributed by atoms with Gasteiger partial charge in [-0.1, -0.05) is 17.3 Å².